The lowest BCUT2D eigenvalue weighted by molar-refractivity contribution is 0.157. The summed E-state index contributed by atoms with van der Waals surface area (Å²) in [6.07, 6.45) is 3.67. The van der Waals surface area contributed by atoms with Crippen molar-refractivity contribution >= 4 is 0 Å². The van der Waals surface area contributed by atoms with Gasteiger partial charge in [0, 0.05) is 19.6 Å². The van der Waals surface area contributed by atoms with Crippen LogP contribution in [0.2, 0.25) is 0 Å². The van der Waals surface area contributed by atoms with Gasteiger partial charge in [0.2, 0.25) is 0 Å². The third kappa shape index (κ3) is 6.25. The number of piperidine rings is 1. The van der Waals surface area contributed by atoms with E-state index in [1.165, 1.54) is 43.6 Å². The van der Waals surface area contributed by atoms with Crippen molar-refractivity contribution in [2.24, 2.45) is 5.92 Å². The smallest absolute Gasteiger partial charge is 0.118 e. The van der Waals surface area contributed by atoms with Crippen molar-refractivity contribution in [2.45, 2.75) is 25.8 Å². The van der Waals surface area contributed by atoms with E-state index in [9.17, 15) is 0 Å². The Balaban J connectivity index is 1.61. The number of ether oxygens (including phenoxy) is 2. The zero-order valence-electron chi connectivity index (χ0n) is 17.6. The molecule has 4 nitrogen and oxygen atoms in total. The van der Waals surface area contributed by atoms with Crippen molar-refractivity contribution in [3.63, 3.8) is 0 Å². The lowest BCUT2D eigenvalue weighted by Gasteiger charge is -2.33. The monoisotopic (exact) mass is 382 g/mol. The van der Waals surface area contributed by atoms with Crippen molar-refractivity contribution in [1.82, 2.24) is 9.80 Å². The number of hydrogen-bond acceptors (Lipinski definition) is 4. The second kappa shape index (κ2) is 10.5. The third-order valence-electron chi connectivity index (χ3n) is 5.80. The molecule has 1 saturated heterocycles. The summed E-state index contributed by atoms with van der Waals surface area (Å²) in [5.74, 6) is 2.64. The van der Waals surface area contributed by atoms with Gasteiger partial charge in [0.25, 0.3) is 0 Å². The molecule has 28 heavy (non-hydrogen) atoms. The summed E-state index contributed by atoms with van der Waals surface area (Å²) in [6, 6.07) is 17.0. The summed E-state index contributed by atoms with van der Waals surface area (Å²) in [5.41, 5.74) is 2.72. The molecule has 152 valence electrons. The second-order valence-corrected chi connectivity index (χ2v) is 7.93. The maximum atomic E-state index is 5.30. The minimum absolute atomic E-state index is 0.797. The number of nitrogens with zero attached hydrogens (tertiary/aromatic N) is 2. The summed E-state index contributed by atoms with van der Waals surface area (Å²) >= 11 is 0. The Morgan fingerprint density at radius 1 is 0.857 bits per heavy atom. The molecule has 0 radical (unpaired) electrons. The predicted molar refractivity (Wildman–Crippen MR) is 115 cm³/mol. The molecule has 0 aromatic heterocycles. The summed E-state index contributed by atoms with van der Waals surface area (Å²) < 4.78 is 10.6. The van der Waals surface area contributed by atoms with E-state index in [0.717, 1.165) is 36.9 Å². The average Bonchev–Trinajstić information content (AvgIpc) is 2.74. The van der Waals surface area contributed by atoms with Crippen LogP contribution in [0, 0.1) is 5.92 Å². The summed E-state index contributed by atoms with van der Waals surface area (Å²) in [5, 5.41) is 0. The lowest BCUT2D eigenvalue weighted by Crippen LogP contribution is -2.37. The van der Waals surface area contributed by atoms with Gasteiger partial charge in [-0.25, -0.2) is 0 Å². The molecule has 0 atom stereocenters. The Bertz CT molecular complexity index is 692. The van der Waals surface area contributed by atoms with Crippen LogP contribution in [0.3, 0.4) is 0 Å². The summed E-state index contributed by atoms with van der Waals surface area (Å²) in [6.45, 7) is 5.69. The molecular formula is C24H34N2O2. The van der Waals surface area contributed by atoms with Gasteiger partial charge in [0.05, 0.1) is 14.2 Å². The number of benzene rings is 2. The highest BCUT2D eigenvalue weighted by molar-refractivity contribution is 5.28. The largest absolute Gasteiger partial charge is 0.497 e. The van der Waals surface area contributed by atoms with Gasteiger partial charge >= 0.3 is 0 Å². The van der Waals surface area contributed by atoms with E-state index in [-0.39, 0.29) is 0 Å². The molecule has 0 unspecified atom stereocenters. The molecule has 1 heterocycles. The maximum Gasteiger partial charge on any atom is 0.118 e. The average molecular weight is 383 g/mol. The second-order valence-electron chi connectivity index (χ2n) is 7.93. The fourth-order valence-corrected chi connectivity index (χ4v) is 3.91. The Morgan fingerprint density at radius 2 is 1.39 bits per heavy atom. The first-order valence-electron chi connectivity index (χ1n) is 10.3. The molecule has 4 heteroatoms. The predicted octanol–water partition coefficient (Wildman–Crippen LogP) is 4.09. The molecule has 0 spiro atoms. The van der Waals surface area contributed by atoms with E-state index in [1.807, 2.05) is 0 Å². The molecule has 0 saturated carbocycles. The number of rotatable bonds is 9. The molecule has 2 aromatic carbocycles. The standard InChI is InChI=1S/C24H34N2O2/c1-25-15-12-22(13-16-25)19-26(18-21-6-10-24(28-3)11-7-21)17-14-20-4-8-23(27-2)9-5-20/h4-11,22H,12-19H2,1-3H3. The Labute approximate surface area is 170 Å². The molecule has 3 rings (SSSR count). The van der Waals surface area contributed by atoms with Crippen LogP contribution in [0.15, 0.2) is 48.5 Å². The van der Waals surface area contributed by atoms with Gasteiger partial charge in [-0.2, -0.15) is 0 Å². The molecule has 0 N–H and O–H groups in total. The van der Waals surface area contributed by atoms with Crippen LogP contribution in [-0.4, -0.2) is 57.2 Å². The molecular weight excluding hydrogens is 348 g/mol. The van der Waals surface area contributed by atoms with Gasteiger partial charge in [0.1, 0.15) is 11.5 Å². The number of methoxy groups -OCH3 is 2. The van der Waals surface area contributed by atoms with Crippen molar-refractivity contribution in [2.75, 3.05) is 47.4 Å². The number of hydrogen-bond donors (Lipinski definition) is 0. The normalized spacial score (nSPS) is 15.7. The first-order chi connectivity index (χ1) is 13.7. The van der Waals surface area contributed by atoms with Crippen LogP contribution in [0.4, 0.5) is 0 Å². The number of likely N-dealkylation sites (tertiary alicyclic amines) is 1. The maximum absolute atomic E-state index is 5.30. The Hall–Kier alpha value is -2.04. The highest BCUT2D eigenvalue weighted by Gasteiger charge is 2.19. The van der Waals surface area contributed by atoms with Gasteiger partial charge in [-0.3, -0.25) is 4.90 Å². The van der Waals surface area contributed by atoms with Gasteiger partial charge in [-0.05, 0) is 80.7 Å². The highest BCUT2D eigenvalue weighted by Crippen LogP contribution is 2.20. The van der Waals surface area contributed by atoms with Crippen LogP contribution < -0.4 is 9.47 Å². The van der Waals surface area contributed by atoms with E-state index in [2.05, 4.69) is 65.4 Å². The molecule has 1 fully saturated rings. The van der Waals surface area contributed by atoms with Crippen LogP contribution in [0.25, 0.3) is 0 Å². The molecule has 0 amide bonds. The van der Waals surface area contributed by atoms with Crippen LogP contribution in [-0.2, 0) is 13.0 Å². The van der Waals surface area contributed by atoms with E-state index in [1.54, 1.807) is 14.2 Å². The molecule has 1 aliphatic rings. The van der Waals surface area contributed by atoms with Crippen LogP contribution >= 0.6 is 0 Å². The topological polar surface area (TPSA) is 24.9 Å². The fourth-order valence-electron chi connectivity index (χ4n) is 3.91. The van der Waals surface area contributed by atoms with Crippen molar-refractivity contribution in [3.8, 4) is 11.5 Å². The van der Waals surface area contributed by atoms with E-state index < -0.39 is 0 Å². The van der Waals surface area contributed by atoms with Gasteiger partial charge < -0.3 is 14.4 Å². The SMILES string of the molecule is COc1ccc(CCN(Cc2ccc(OC)cc2)CC2CCN(C)CC2)cc1. The molecule has 0 bridgehead atoms. The highest BCUT2D eigenvalue weighted by atomic mass is 16.5. The van der Waals surface area contributed by atoms with Crippen molar-refractivity contribution in [3.05, 3.63) is 59.7 Å². The molecule has 0 aliphatic carbocycles. The Morgan fingerprint density at radius 3 is 1.93 bits per heavy atom. The van der Waals surface area contributed by atoms with E-state index in [4.69, 9.17) is 9.47 Å². The zero-order chi connectivity index (χ0) is 19.8. The van der Waals surface area contributed by atoms with Gasteiger partial charge in [0.15, 0.2) is 0 Å². The van der Waals surface area contributed by atoms with E-state index >= 15 is 0 Å². The van der Waals surface area contributed by atoms with Gasteiger partial charge in [-0.15, -0.1) is 0 Å². The molecule has 2 aromatic rings. The minimum Gasteiger partial charge on any atom is -0.497 e. The van der Waals surface area contributed by atoms with Crippen LogP contribution in [0.5, 0.6) is 11.5 Å². The first-order valence-corrected chi connectivity index (χ1v) is 10.3. The fraction of sp³-hybridized carbons (Fsp3) is 0.500. The zero-order valence-corrected chi connectivity index (χ0v) is 17.6. The summed E-state index contributed by atoms with van der Waals surface area (Å²) in [4.78, 5) is 5.07. The van der Waals surface area contributed by atoms with E-state index in [0.29, 0.717) is 0 Å². The van der Waals surface area contributed by atoms with Crippen molar-refractivity contribution < 1.29 is 9.47 Å². The molecule has 1 aliphatic heterocycles. The third-order valence-corrected chi connectivity index (χ3v) is 5.80. The lowest BCUT2D eigenvalue weighted by atomic mass is 9.96. The quantitative estimate of drug-likeness (QED) is 0.652. The van der Waals surface area contributed by atoms with Gasteiger partial charge in [-0.1, -0.05) is 24.3 Å². The first kappa shape index (κ1) is 20.7. The minimum atomic E-state index is 0.797. The van der Waals surface area contributed by atoms with Crippen LogP contribution in [0.1, 0.15) is 24.0 Å². The van der Waals surface area contributed by atoms with Crippen molar-refractivity contribution in [1.29, 1.82) is 0 Å². The summed E-state index contributed by atoms with van der Waals surface area (Å²) in [7, 11) is 5.67. The Kier molecular flexibility index (Phi) is 7.75.